The second-order valence-corrected chi connectivity index (χ2v) is 9.85. The maximum Gasteiger partial charge on any atom is 0.243 e. The first kappa shape index (κ1) is 21.6. The largest absolute Gasteiger partial charge is 0.496 e. The molecular weight excluding hydrogens is 436 g/mol. The number of morpholine rings is 1. The molecule has 1 aliphatic heterocycles. The highest BCUT2D eigenvalue weighted by molar-refractivity contribution is 7.89. The number of para-hydroxylation sites is 1. The Morgan fingerprint density at radius 2 is 1.84 bits per heavy atom. The Bertz CT molecular complexity index is 1170. The first-order valence-corrected chi connectivity index (χ1v) is 12.1. The van der Waals surface area contributed by atoms with E-state index in [1.54, 1.807) is 42.5 Å². The lowest BCUT2D eigenvalue weighted by molar-refractivity contribution is 0.0730. The van der Waals surface area contributed by atoms with Crippen LogP contribution in [0.3, 0.4) is 0 Å². The topological polar surface area (TPSA) is 85.8 Å². The Morgan fingerprint density at radius 3 is 2.55 bits per heavy atom. The molecule has 1 fully saturated rings. The minimum atomic E-state index is -3.53. The summed E-state index contributed by atoms with van der Waals surface area (Å²) in [7, 11) is -1.99. The molecule has 9 heteroatoms. The molecule has 0 spiro atoms. The zero-order valence-corrected chi connectivity index (χ0v) is 18.6. The van der Waals surface area contributed by atoms with E-state index in [9.17, 15) is 13.2 Å². The van der Waals surface area contributed by atoms with E-state index in [0.717, 1.165) is 5.56 Å². The number of carbonyl (C=O) groups excluding carboxylic acids is 1. The van der Waals surface area contributed by atoms with Gasteiger partial charge in [0.2, 0.25) is 10.0 Å². The molecule has 0 bridgehead atoms. The van der Waals surface area contributed by atoms with Gasteiger partial charge in [0.05, 0.1) is 42.9 Å². The Balaban J connectivity index is 1.48. The van der Waals surface area contributed by atoms with Crippen molar-refractivity contribution in [2.75, 3.05) is 33.4 Å². The molecule has 2 aromatic carbocycles. The number of aromatic nitrogens is 1. The first-order chi connectivity index (χ1) is 15.0. The molecule has 31 heavy (non-hydrogen) atoms. The average molecular weight is 459 g/mol. The summed E-state index contributed by atoms with van der Waals surface area (Å²) < 4.78 is 37.5. The predicted octanol–water partition coefficient (Wildman–Crippen LogP) is 3.27. The molecular formula is C22H22N2O5S2. The number of hydrogen-bond acceptors (Lipinski definition) is 7. The Labute approximate surface area is 185 Å². The lowest BCUT2D eigenvalue weighted by atomic mass is 10.1. The summed E-state index contributed by atoms with van der Waals surface area (Å²) in [5, 5.41) is 2.56. The SMILES string of the molecule is COc1ccccc1C(=O)Cc1nc(-c2ccc(S(=O)(=O)N3CCOCC3)cc2)cs1. The summed E-state index contributed by atoms with van der Waals surface area (Å²) in [4.78, 5) is 17.5. The van der Waals surface area contributed by atoms with Crippen molar-refractivity contribution >= 4 is 27.1 Å². The smallest absolute Gasteiger partial charge is 0.243 e. The second kappa shape index (κ2) is 9.27. The van der Waals surface area contributed by atoms with Crippen molar-refractivity contribution in [3.8, 4) is 17.0 Å². The zero-order valence-electron chi connectivity index (χ0n) is 17.0. The summed E-state index contributed by atoms with van der Waals surface area (Å²) >= 11 is 1.40. The first-order valence-electron chi connectivity index (χ1n) is 9.78. The highest BCUT2D eigenvalue weighted by Gasteiger charge is 2.26. The molecule has 0 atom stereocenters. The maximum absolute atomic E-state index is 12.8. The van der Waals surface area contributed by atoms with E-state index in [1.165, 1.54) is 22.8 Å². The average Bonchev–Trinajstić information content (AvgIpc) is 3.28. The van der Waals surface area contributed by atoms with Crippen LogP contribution in [0, 0.1) is 0 Å². The van der Waals surface area contributed by atoms with Crippen LogP contribution in [-0.2, 0) is 21.2 Å². The van der Waals surface area contributed by atoms with E-state index >= 15 is 0 Å². The standard InChI is InChI=1S/C22H22N2O5S2/c1-28-21-5-3-2-4-18(21)20(25)14-22-23-19(15-30-22)16-6-8-17(9-7-16)31(26,27)24-10-12-29-13-11-24/h2-9,15H,10-14H2,1H3. The molecule has 0 radical (unpaired) electrons. The quantitative estimate of drug-likeness (QED) is 0.505. The maximum atomic E-state index is 12.8. The fraction of sp³-hybridized carbons (Fsp3) is 0.273. The van der Waals surface area contributed by atoms with Gasteiger partial charge in [0.25, 0.3) is 0 Å². The van der Waals surface area contributed by atoms with Crippen LogP contribution in [0.1, 0.15) is 15.4 Å². The molecule has 0 aliphatic carbocycles. The van der Waals surface area contributed by atoms with Crippen molar-refractivity contribution < 1.29 is 22.7 Å². The van der Waals surface area contributed by atoms with Gasteiger partial charge in [-0.3, -0.25) is 4.79 Å². The van der Waals surface area contributed by atoms with Crippen LogP contribution in [0.2, 0.25) is 0 Å². The second-order valence-electron chi connectivity index (χ2n) is 6.97. The van der Waals surface area contributed by atoms with E-state index in [2.05, 4.69) is 4.98 Å². The van der Waals surface area contributed by atoms with Crippen LogP contribution in [0.5, 0.6) is 5.75 Å². The fourth-order valence-electron chi connectivity index (χ4n) is 3.37. The normalized spacial score (nSPS) is 15.0. The number of benzene rings is 2. The summed E-state index contributed by atoms with van der Waals surface area (Å²) in [5.41, 5.74) is 2.04. The Kier molecular flexibility index (Phi) is 6.47. The lowest BCUT2D eigenvalue weighted by Crippen LogP contribution is -2.40. The van der Waals surface area contributed by atoms with E-state index in [-0.39, 0.29) is 17.1 Å². The third kappa shape index (κ3) is 4.69. The van der Waals surface area contributed by atoms with Gasteiger partial charge in [-0.05, 0) is 24.3 Å². The molecule has 162 valence electrons. The van der Waals surface area contributed by atoms with Gasteiger partial charge in [-0.2, -0.15) is 4.31 Å². The van der Waals surface area contributed by atoms with Crippen molar-refractivity contribution in [2.45, 2.75) is 11.3 Å². The highest BCUT2D eigenvalue weighted by atomic mass is 32.2. The van der Waals surface area contributed by atoms with Crippen molar-refractivity contribution in [1.29, 1.82) is 0 Å². The summed E-state index contributed by atoms with van der Waals surface area (Å²) in [5.74, 6) is 0.478. The number of sulfonamides is 1. The van der Waals surface area contributed by atoms with Gasteiger partial charge in [0.1, 0.15) is 10.8 Å². The molecule has 0 N–H and O–H groups in total. The third-order valence-corrected chi connectivity index (χ3v) is 7.79. The van der Waals surface area contributed by atoms with Gasteiger partial charge in [0, 0.05) is 24.0 Å². The number of hydrogen-bond donors (Lipinski definition) is 0. The number of rotatable bonds is 7. The predicted molar refractivity (Wildman–Crippen MR) is 118 cm³/mol. The van der Waals surface area contributed by atoms with Gasteiger partial charge >= 0.3 is 0 Å². The van der Waals surface area contributed by atoms with Crippen molar-refractivity contribution in [1.82, 2.24) is 9.29 Å². The van der Waals surface area contributed by atoms with E-state index in [0.29, 0.717) is 48.3 Å². The molecule has 0 unspecified atom stereocenters. The van der Waals surface area contributed by atoms with Gasteiger partial charge in [-0.25, -0.2) is 13.4 Å². The molecule has 0 amide bonds. The minimum Gasteiger partial charge on any atom is -0.496 e. The number of ether oxygens (including phenoxy) is 2. The van der Waals surface area contributed by atoms with Gasteiger partial charge in [0.15, 0.2) is 5.78 Å². The molecule has 3 aromatic rings. The Hall–Kier alpha value is -2.59. The van der Waals surface area contributed by atoms with Gasteiger partial charge in [-0.15, -0.1) is 11.3 Å². The number of carbonyl (C=O) groups is 1. The highest BCUT2D eigenvalue weighted by Crippen LogP contribution is 2.26. The monoisotopic (exact) mass is 458 g/mol. The van der Waals surface area contributed by atoms with E-state index < -0.39 is 10.0 Å². The zero-order chi connectivity index (χ0) is 21.8. The summed E-state index contributed by atoms with van der Waals surface area (Å²) in [6, 6.07) is 13.8. The number of thiazole rings is 1. The fourth-order valence-corrected chi connectivity index (χ4v) is 5.58. The summed E-state index contributed by atoms with van der Waals surface area (Å²) in [6.45, 7) is 1.54. The van der Waals surface area contributed by atoms with Crippen molar-refractivity contribution in [3.05, 3.63) is 64.5 Å². The molecule has 2 heterocycles. The van der Waals surface area contributed by atoms with Crippen molar-refractivity contribution in [3.63, 3.8) is 0 Å². The minimum absolute atomic E-state index is 0.0645. The molecule has 1 saturated heterocycles. The van der Waals surface area contributed by atoms with E-state index in [4.69, 9.17) is 9.47 Å². The van der Waals surface area contributed by atoms with Crippen LogP contribution in [0.15, 0.2) is 58.8 Å². The molecule has 0 saturated carbocycles. The van der Waals surface area contributed by atoms with Crippen LogP contribution < -0.4 is 4.74 Å². The van der Waals surface area contributed by atoms with Crippen LogP contribution in [0.4, 0.5) is 0 Å². The number of nitrogens with zero attached hydrogens (tertiary/aromatic N) is 2. The number of ketones is 1. The van der Waals surface area contributed by atoms with E-state index in [1.807, 2.05) is 11.4 Å². The van der Waals surface area contributed by atoms with Gasteiger partial charge in [-0.1, -0.05) is 24.3 Å². The van der Waals surface area contributed by atoms with Crippen LogP contribution in [-0.4, -0.2) is 56.9 Å². The van der Waals surface area contributed by atoms with Crippen LogP contribution in [0.25, 0.3) is 11.3 Å². The molecule has 7 nitrogen and oxygen atoms in total. The number of methoxy groups -OCH3 is 1. The number of Topliss-reactive ketones (excluding diaryl/α,β-unsaturated/α-hetero) is 1. The lowest BCUT2D eigenvalue weighted by Gasteiger charge is -2.26. The molecule has 4 rings (SSSR count). The Morgan fingerprint density at radius 1 is 1.13 bits per heavy atom. The van der Waals surface area contributed by atoms with Crippen molar-refractivity contribution in [2.24, 2.45) is 0 Å². The molecule has 1 aromatic heterocycles. The van der Waals surface area contributed by atoms with Crippen LogP contribution >= 0.6 is 11.3 Å². The third-order valence-electron chi connectivity index (χ3n) is 5.03. The van der Waals surface area contributed by atoms with Gasteiger partial charge < -0.3 is 9.47 Å². The summed E-state index contributed by atoms with van der Waals surface area (Å²) in [6.07, 6.45) is 0.175. The molecule has 1 aliphatic rings.